The highest BCUT2D eigenvalue weighted by molar-refractivity contribution is 6.31. The number of carbonyl (C=O) groups is 2. The predicted molar refractivity (Wildman–Crippen MR) is 115 cm³/mol. The Morgan fingerprint density at radius 3 is 2.25 bits per heavy atom. The number of hydrogen-bond donors (Lipinski definition) is 2. The molecular formula is C22H23ClF3N3O3. The molecule has 1 saturated carbocycles. The lowest BCUT2D eigenvalue weighted by Gasteiger charge is -2.36. The van der Waals surface area contributed by atoms with Crippen LogP contribution in [0.2, 0.25) is 5.02 Å². The average Bonchev–Trinajstić information content (AvgIpc) is 2.75. The number of alkyl halides is 3. The zero-order chi connectivity index (χ0) is 23.5. The molecule has 0 heterocycles. The third kappa shape index (κ3) is 5.45. The molecule has 1 aliphatic carbocycles. The quantitative estimate of drug-likeness (QED) is 0.646. The van der Waals surface area contributed by atoms with Gasteiger partial charge in [0.1, 0.15) is 5.75 Å². The second kappa shape index (κ2) is 9.68. The first-order valence-electron chi connectivity index (χ1n) is 10.0. The van der Waals surface area contributed by atoms with Gasteiger partial charge in [0.2, 0.25) is 0 Å². The summed E-state index contributed by atoms with van der Waals surface area (Å²) in [4.78, 5) is 24.9. The number of rotatable bonds is 5. The van der Waals surface area contributed by atoms with Crippen LogP contribution in [-0.2, 0) is 6.18 Å². The number of urea groups is 1. The Bertz CT molecular complexity index is 975. The minimum atomic E-state index is -4.64. The van der Waals surface area contributed by atoms with Crippen LogP contribution in [0.25, 0.3) is 0 Å². The van der Waals surface area contributed by atoms with E-state index in [1.54, 1.807) is 31.3 Å². The smallest absolute Gasteiger partial charge is 0.417 e. The number of benzene rings is 2. The van der Waals surface area contributed by atoms with Gasteiger partial charge in [0.05, 0.1) is 16.7 Å². The van der Waals surface area contributed by atoms with Crippen LogP contribution in [0.5, 0.6) is 5.75 Å². The Hall–Kier alpha value is -2.94. The van der Waals surface area contributed by atoms with Crippen LogP contribution in [0.4, 0.5) is 23.7 Å². The number of anilines is 1. The fraction of sp³-hybridized carbons (Fsp3) is 0.364. The number of ether oxygens (including phenoxy) is 1. The zero-order valence-electron chi connectivity index (χ0n) is 17.3. The molecule has 2 aromatic rings. The molecule has 0 unspecified atom stereocenters. The second-order valence-electron chi connectivity index (χ2n) is 7.52. The molecule has 0 aliphatic heterocycles. The third-order valence-electron chi connectivity index (χ3n) is 5.43. The fourth-order valence-electron chi connectivity index (χ4n) is 3.84. The van der Waals surface area contributed by atoms with E-state index in [0.717, 1.165) is 12.1 Å². The Labute approximate surface area is 188 Å². The SMILES string of the molecule is CNC(=O)c1ccc(OC2CCC(N(C(N)=O)c3ccc(Cl)c(C(F)(F)F)c3)CC2)cc1. The van der Waals surface area contributed by atoms with E-state index in [9.17, 15) is 22.8 Å². The van der Waals surface area contributed by atoms with Gasteiger partial charge in [-0.25, -0.2) is 4.79 Å². The van der Waals surface area contributed by atoms with Gasteiger partial charge >= 0.3 is 12.2 Å². The molecule has 2 aromatic carbocycles. The van der Waals surface area contributed by atoms with E-state index >= 15 is 0 Å². The summed E-state index contributed by atoms with van der Waals surface area (Å²) in [6, 6.07) is 8.88. The van der Waals surface area contributed by atoms with Crippen molar-refractivity contribution in [1.29, 1.82) is 0 Å². The first kappa shape index (κ1) is 23.7. The number of nitrogens with zero attached hydrogens (tertiary/aromatic N) is 1. The molecule has 172 valence electrons. The third-order valence-corrected chi connectivity index (χ3v) is 5.76. The van der Waals surface area contributed by atoms with Crippen LogP contribution in [0.3, 0.4) is 0 Å². The summed E-state index contributed by atoms with van der Waals surface area (Å²) < 4.78 is 45.6. The molecule has 0 aromatic heterocycles. The molecule has 1 fully saturated rings. The van der Waals surface area contributed by atoms with Gasteiger partial charge in [-0.15, -0.1) is 0 Å². The maximum absolute atomic E-state index is 13.2. The Kier molecular flexibility index (Phi) is 7.18. The lowest BCUT2D eigenvalue weighted by Crippen LogP contribution is -2.46. The van der Waals surface area contributed by atoms with Gasteiger partial charge in [0.15, 0.2) is 0 Å². The van der Waals surface area contributed by atoms with Crippen molar-refractivity contribution in [1.82, 2.24) is 5.32 Å². The number of amides is 3. The van der Waals surface area contributed by atoms with E-state index < -0.39 is 22.8 Å². The molecule has 10 heteroatoms. The highest BCUT2D eigenvalue weighted by Crippen LogP contribution is 2.38. The van der Waals surface area contributed by atoms with E-state index in [0.29, 0.717) is 37.0 Å². The monoisotopic (exact) mass is 469 g/mol. The zero-order valence-corrected chi connectivity index (χ0v) is 18.0. The van der Waals surface area contributed by atoms with E-state index in [1.807, 2.05) is 0 Å². The van der Waals surface area contributed by atoms with Gasteiger partial charge in [0.25, 0.3) is 5.91 Å². The molecule has 3 N–H and O–H groups in total. The van der Waals surface area contributed by atoms with Gasteiger partial charge in [0, 0.05) is 24.3 Å². The molecule has 1 aliphatic rings. The Balaban J connectivity index is 1.67. The molecule has 0 atom stereocenters. The van der Waals surface area contributed by atoms with Gasteiger partial charge in [-0.2, -0.15) is 13.2 Å². The normalized spacial score (nSPS) is 18.7. The topological polar surface area (TPSA) is 84.7 Å². The van der Waals surface area contributed by atoms with Crippen molar-refractivity contribution >= 4 is 29.2 Å². The number of carbonyl (C=O) groups excluding carboxylic acids is 2. The van der Waals surface area contributed by atoms with E-state index in [-0.39, 0.29) is 23.7 Å². The molecule has 0 spiro atoms. The van der Waals surface area contributed by atoms with Crippen molar-refractivity contribution in [3.63, 3.8) is 0 Å². The summed E-state index contributed by atoms with van der Waals surface area (Å²) in [6.45, 7) is 0. The average molecular weight is 470 g/mol. The maximum Gasteiger partial charge on any atom is 0.417 e. The van der Waals surface area contributed by atoms with Gasteiger partial charge < -0.3 is 15.8 Å². The molecular weight excluding hydrogens is 447 g/mol. The van der Waals surface area contributed by atoms with Crippen LogP contribution >= 0.6 is 11.6 Å². The molecule has 6 nitrogen and oxygen atoms in total. The predicted octanol–water partition coefficient (Wildman–Crippen LogP) is 4.99. The summed E-state index contributed by atoms with van der Waals surface area (Å²) in [5.74, 6) is 0.417. The lowest BCUT2D eigenvalue weighted by atomic mass is 9.91. The van der Waals surface area contributed by atoms with Crippen molar-refractivity contribution in [2.75, 3.05) is 11.9 Å². The highest BCUT2D eigenvalue weighted by Gasteiger charge is 2.35. The van der Waals surface area contributed by atoms with E-state index in [4.69, 9.17) is 22.1 Å². The van der Waals surface area contributed by atoms with Crippen LogP contribution in [0.15, 0.2) is 42.5 Å². The lowest BCUT2D eigenvalue weighted by molar-refractivity contribution is -0.137. The van der Waals surface area contributed by atoms with Gasteiger partial charge in [-0.05, 0) is 68.1 Å². The van der Waals surface area contributed by atoms with Gasteiger partial charge in [-0.1, -0.05) is 11.6 Å². The largest absolute Gasteiger partial charge is 0.490 e. The van der Waals surface area contributed by atoms with Crippen LogP contribution in [0, 0.1) is 0 Å². The van der Waals surface area contributed by atoms with E-state index in [2.05, 4.69) is 5.32 Å². The van der Waals surface area contributed by atoms with Gasteiger partial charge in [-0.3, -0.25) is 9.69 Å². The molecule has 0 bridgehead atoms. The van der Waals surface area contributed by atoms with Crippen LogP contribution in [-0.4, -0.2) is 31.1 Å². The standard InChI is InChI=1S/C22H23ClF3N3O3/c1-28-20(30)13-2-7-16(8-3-13)32-17-9-4-14(5-10-17)29(21(27)31)15-6-11-19(23)18(12-15)22(24,25)26/h2-3,6-8,11-12,14,17H,4-5,9-10H2,1H3,(H2,27,31)(H,28,30). The molecule has 0 radical (unpaired) electrons. The molecule has 32 heavy (non-hydrogen) atoms. The molecule has 0 saturated heterocycles. The van der Waals surface area contributed by atoms with Crippen molar-refractivity contribution in [3.05, 3.63) is 58.6 Å². The van der Waals surface area contributed by atoms with Crippen LogP contribution in [0.1, 0.15) is 41.6 Å². The second-order valence-corrected chi connectivity index (χ2v) is 7.93. The minimum absolute atomic E-state index is 0.0587. The van der Waals surface area contributed by atoms with Crippen molar-refractivity contribution < 1.29 is 27.5 Å². The van der Waals surface area contributed by atoms with E-state index in [1.165, 1.54) is 11.0 Å². The Morgan fingerprint density at radius 1 is 1.09 bits per heavy atom. The van der Waals surface area contributed by atoms with Crippen LogP contribution < -0.4 is 20.7 Å². The fourth-order valence-corrected chi connectivity index (χ4v) is 4.07. The summed E-state index contributed by atoms with van der Waals surface area (Å²) in [5, 5.41) is 2.10. The first-order valence-corrected chi connectivity index (χ1v) is 10.4. The number of nitrogens with two attached hydrogens (primary N) is 1. The van der Waals surface area contributed by atoms with Crippen molar-refractivity contribution in [2.24, 2.45) is 5.73 Å². The van der Waals surface area contributed by atoms with Crippen molar-refractivity contribution in [3.8, 4) is 5.75 Å². The number of nitrogens with one attached hydrogen (secondary N) is 1. The summed E-state index contributed by atoms with van der Waals surface area (Å²) in [6.07, 6.45) is -2.57. The maximum atomic E-state index is 13.2. The summed E-state index contributed by atoms with van der Waals surface area (Å²) in [5.41, 5.74) is 5.07. The number of halogens is 4. The molecule has 3 amide bonds. The number of hydrogen-bond acceptors (Lipinski definition) is 3. The minimum Gasteiger partial charge on any atom is -0.490 e. The highest BCUT2D eigenvalue weighted by atomic mass is 35.5. The molecule has 3 rings (SSSR count). The van der Waals surface area contributed by atoms with Crippen molar-refractivity contribution in [2.45, 2.75) is 44.0 Å². The number of primary amides is 1. The summed E-state index contributed by atoms with van der Waals surface area (Å²) in [7, 11) is 1.55. The Morgan fingerprint density at radius 2 is 1.72 bits per heavy atom. The summed E-state index contributed by atoms with van der Waals surface area (Å²) >= 11 is 5.69. The first-order chi connectivity index (χ1) is 15.1.